The molecule has 0 aromatic heterocycles. The molecule has 0 aliphatic heterocycles. The molecule has 0 atom stereocenters. The lowest BCUT2D eigenvalue weighted by Crippen LogP contribution is -1.99. The number of halogens is 2. The Balaban J connectivity index is 2.25. The van der Waals surface area contributed by atoms with Crippen LogP contribution < -0.4 is 9.47 Å². The number of methoxy groups -OCH3 is 1. The molecule has 102 valence electrons. The van der Waals surface area contributed by atoms with Crippen LogP contribution in [0.15, 0.2) is 36.4 Å². The van der Waals surface area contributed by atoms with Gasteiger partial charge in [-0.25, -0.2) is 0 Å². The van der Waals surface area contributed by atoms with Gasteiger partial charge >= 0.3 is 0 Å². The van der Waals surface area contributed by atoms with Crippen molar-refractivity contribution >= 4 is 23.2 Å². The highest BCUT2D eigenvalue weighted by Gasteiger charge is 2.10. The van der Waals surface area contributed by atoms with E-state index in [2.05, 4.69) is 6.07 Å². The molecule has 0 saturated carbocycles. The van der Waals surface area contributed by atoms with Gasteiger partial charge in [-0.05, 0) is 24.3 Å². The first-order valence-corrected chi connectivity index (χ1v) is 6.55. The van der Waals surface area contributed by atoms with Gasteiger partial charge in [-0.15, -0.1) is 0 Å². The van der Waals surface area contributed by atoms with Crippen LogP contribution in [0.3, 0.4) is 0 Å². The van der Waals surface area contributed by atoms with Gasteiger partial charge in [-0.1, -0.05) is 29.3 Å². The second kappa shape index (κ2) is 6.51. The zero-order valence-electron chi connectivity index (χ0n) is 10.7. The minimum Gasteiger partial charge on any atom is -0.493 e. The maximum atomic E-state index is 8.91. The van der Waals surface area contributed by atoms with Gasteiger partial charge in [0.05, 0.1) is 18.7 Å². The summed E-state index contributed by atoms with van der Waals surface area (Å²) in [5.74, 6) is 1.02. The Kier molecular flexibility index (Phi) is 4.73. The van der Waals surface area contributed by atoms with Crippen LogP contribution in [-0.4, -0.2) is 7.11 Å². The average Bonchev–Trinajstić information content (AvgIpc) is 2.46. The van der Waals surface area contributed by atoms with Crippen LogP contribution in [0, 0.1) is 11.3 Å². The number of hydrogen-bond donors (Lipinski definition) is 0. The zero-order chi connectivity index (χ0) is 14.5. The second-order valence-electron chi connectivity index (χ2n) is 3.97. The van der Waals surface area contributed by atoms with Crippen molar-refractivity contribution < 1.29 is 9.47 Å². The molecule has 2 aromatic rings. The van der Waals surface area contributed by atoms with E-state index in [1.54, 1.807) is 36.4 Å². The Morgan fingerprint density at radius 3 is 2.40 bits per heavy atom. The molecule has 20 heavy (non-hydrogen) atoms. The average molecular weight is 308 g/mol. The molecule has 0 unspecified atom stereocenters. The summed E-state index contributed by atoms with van der Waals surface area (Å²) < 4.78 is 10.9. The third-order valence-electron chi connectivity index (χ3n) is 2.73. The molecule has 0 spiro atoms. The molecule has 2 rings (SSSR count). The molecule has 0 aliphatic rings. The van der Waals surface area contributed by atoms with E-state index >= 15 is 0 Å². The van der Waals surface area contributed by atoms with Gasteiger partial charge in [0, 0.05) is 21.7 Å². The Morgan fingerprint density at radius 1 is 1.10 bits per heavy atom. The van der Waals surface area contributed by atoms with Crippen LogP contribution in [0.4, 0.5) is 0 Å². The highest BCUT2D eigenvalue weighted by atomic mass is 35.5. The van der Waals surface area contributed by atoms with Gasteiger partial charge in [-0.2, -0.15) is 5.26 Å². The minimum absolute atomic E-state index is 0.198. The molecule has 0 radical (unpaired) electrons. The van der Waals surface area contributed by atoms with E-state index < -0.39 is 0 Å². The van der Waals surface area contributed by atoms with Gasteiger partial charge in [-0.3, -0.25) is 0 Å². The van der Waals surface area contributed by atoms with Gasteiger partial charge < -0.3 is 9.47 Å². The molecule has 0 bridgehead atoms. The highest BCUT2D eigenvalue weighted by Crippen LogP contribution is 2.31. The number of nitrogens with zero attached hydrogens (tertiary/aromatic N) is 1. The molecule has 0 aliphatic carbocycles. The first-order chi connectivity index (χ1) is 9.65. The molecular formula is C15H11Cl2NO2. The highest BCUT2D eigenvalue weighted by molar-refractivity contribution is 6.35. The number of ether oxygens (including phenoxy) is 2. The number of hydrogen-bond acceptors (Lipinski definition) is 3. The Morgan fingerprint density at radius 2 is 1.80 bits per heavy atom. The van der Waals surface area contributed by atoms with Crippen LogP contribution in [-0.2, 0) is 6.61 Å². The Labute approximate surface area is 127 Å². The van der Waals surface area contributed by atoms with Crippen molar-refractivity contribution in [3.63, 3.8) is 0 Å². The maximum Gasteiger partial charge on any atom is 0.162 e. The fourth-order valence-electron chi connectivity index (χ4n) is 1.68. The molecule has 0 N–H and O–H groups in total. The molecule has 0 heterocycles. The Bertz CT molecular complexity index is 645. The Hall–Kier alpha value is -1.89. The van der Waals surface area contributed by atoms with Gasteiger partial charge in [0.2, 0.25) is 0 Å². The standard InChI is InChI=1S/C15H11Cl2NO2/c1-19-14-6-5-10(8-18)7-15(14)20-9-11-12(16)3-2-4-13(11)17/h2-7H,9H2,1H3. The summed E-state index contributed by atoms with van der Waals surface area (Å²) in [6, 6.07) is 12.3. The SMILES string of the molecule is COc1ccc(C#N)cc1OCc1c(Cl)cccc1Cl. The minimum atomic E-state index is 0.198. The van der Waals surface area contributed by atoms with Crippen molar-refractivity contribution in [2.75, 3.05) is 7.11 Å². The van der Waals surface area contributed by atoms with Gasteiger partial charge in [0.25, 0.3) is 0 Å². The quantitative estimate of drug-likeness (QED) is 0.838. The van der Waals surface area contributed by atoms with Crippen molar-refractivity contribution in [3.05, 3.63) is 57.6 Å². The van der Waals surface area contributed by atoms with E-state index in [0.29, 0.717) is 32.7 Å². The summed E-state index contributed by atoms with van der Waals surface area (Å²) in [7, 11) is 1.54. The first kappa shape index (κ1) is 14.5. The monoisotopic (exact) mass is 307 g/mol. The summed E-state index contributed by atoms with van der Waals surface area (Å²) in [5, 5.41) is 9.98. The van der Waals surface area contributed by atoms with Crippen LogP contribution in [0.5, 0.6) is 11.5 Å². The van der Waals surface area contributed by atoms with E-state index in [4.69, 9.17) is 37.9 Å². The molecule has 2 aromatic carbocycles. The van der Waals surface area contributed by atoms with Crippen molar-refractivity contribution in [2.24, 2.45) is 0 Å². The summed E-state index contributed by atoms with van der Waals surface area (Å²) in [4.78, 5) is 0. The summed E-state index contributed by atoms with van der Waals surface area (Å²) in [5.41, 5.74) is 1.19. The lowest BCUT2D eigenvalue weighted by molar-refractivity contribution is 0.284. The predicted octanol–water partition coefficient (Wildman–Crippen LogP) is 4.45. The molecule has 0 saturated heterocycles. The number of benzene rings is 2. The van der Waals surface area contributed by atoms with Crippen LogP contribution in [0.2, 0.25) is 10.0 Å². The van der Waals surface area contributed by atoms with Crippen LogP contribution in [0.1, 0.15) is 11.1 Å². The van der Waals surface area contributed by atoms with E-state index in [1.165, 1.54) is 7.11 Å². The van der Waals surface area contributed by atoms with Crippen molar-refractivity contribution in [1.82, 2.24) is 0 Å². The lowest BCUT2D eigenvalue weighted by Gasteiger charge is -2.12. The van der Waals surface area contributed by atoms with Gasteiger partial charge in [0.15, 0.2) is 11.5 Å². The predicted molar refractivity (Wildman–Crippen MR) is 78.5 cm³/mol. The zero-order valence-corrected chi connectivity index (χ0v) is 12.2. The summed E-state index contributed by atoms with van der Waals surface area (Å²) in [6.45, 7) is 0.198. The molecule has 5 heteroatoms. The third-order valence-corrected chi connectivity index (χ3v) is 3.43. The molecule has 0 fully saturated rings. The summed E-state index contributed by atoms with van der Waals surface area (Å²) in [6.07, 6.45) is 0. The topological polar surface area (TPSA) is 42.2 Å². The molecule has 3 nitrogen and oxygen atoms in total. The van der Waals surface area contributed by atoms with Crippen molar-refractivity contribution in [2.45, 2.75) is 6.61 Å². The number of rotatable bonds is 4. The largest absolute Gasteiger partial charge is 0.493 e. The van der Waals surface area contributed by atoms with E-state index in [9.17, 15) is 0 Å². The maximum absolute atomic E-state index is 8.91. The first-order valence-electron chi connectivity index (χ1n) is 5.79. The lowest BCUT2D eigenvalue weighted by atomic mass is 10.2. The van der Waals surface area contributed by atoms with Crippen LogP contribution >= 0.6 is 23.2 Å². The third kappa shape index (κ3) is 3.16. The smallest absolute Gasteiger partial charge is 0.162 e. The van der Waals surface area contributed by atoms with Crippen LogP contribution in [0.25, 0.3) is 0 Å². The molecular weight excluding hydrogens is 297 g/mol. The summed E-state index contributed by atoms with van der Waals surface area (Å²) >= 11 is 12.2. The van der Waals surface area contributed by atoms with Crippen molar-refractivity contribution in [3.8, 4) is 17.6 Å². The van der Waals surface area contributed by atoms with Crippen molar-refractivity contribution in [1.29, 1.82) is 5.26 Å². The van der Waals surface area contributed by atoms with E-state index in [1.807, 2.05) is 0 Å². The molecule has 0 amide bonds. The van der Waals surface area contributed by atoms with E-state index in [-0.39, 0.29) is 6.61 Å². The number of nitriles is 1. The fraction of sp³-hybridized carbons (Fsp3) is 0.133. The van der Waals surface area contributed by atoms with Gasteiger partial charge in [0.1, 0.15) is 6.61 Å². The normalized spacial score (nSPS) is 9.90. The van der Waals surface area contributed by atoms with E-state index in [0.717, 1.165) is 0 Å². The second-order valence-corrected chi connectivity index (χ2v) is 4.78. The fourth-order valence-corrected chi connectivity index (χ4v) is 2.19.